The fourth-order valence-corrected chi connectivity index (χ4v) is 3.44. The molecule has 1 fully saturated rings. The van der Waals surface area contributed by atoms with Crippen molar-refractivity contribution in [2.24, 2.45) is 0 Å². The Labute approximate surface area is 141 Å². The number of hydrogen-bond donors (Lipinski definition) is 1. The van der Waals surface area contributed by atoms with Crippen LogP contribution in [0.15, 0.2) is 24.3 Å². The van der Waals surface area contributed by atoms with Crippen LogP contribution in [-0.4, -0.2) is 40.8 Å². The molecule has 1 aromatic carbocycles. The third kappa shape index (κ3) is 2.98. The zero-order chi connectivity index (χ0) is 17.5. The Morgan fingerprint density at radius 1 is 1.25 bits per heavy atom. The van der Waals surface area contributed by atoms with Crippen molar-refractivity contribution in [2.45, 2.75) is 50.9 Å². The number of ether oxygens (including phenoxy) is 2. The van der Waals surface area contributed by atoms with Gasteiger partial charge in [-0.2, -0.15) is 0 Å². The van der Waals surface area contributed by atoms with Gasteiger partial charge in [0.25, 0.3) is 0 Å². The standard InChI is InChI=1S/C18H23NO5/c1-17(2,3)24-16(22)19-10-8-18(9-11-19)13-7-5-4-6-12(13)14(23-18)15(20)21/h4-7,14H,8-11H2,1-3H3,(H,20,21)/t14-/m1/s1. The molecule has 0 bridgehead atoms. The van der Waals surface area contributed by atoms with Gasteiger partial charge in [-0.25, -0.2) is 9.59 Å². The Kier molecular flexibility index (Phi) is 4.03. The molecule has 1 amide bonds. The number of fused-ring (bicyclic) bond motifs is 2. The molecule has 0 radical (unpaired) electrons. The van der Waals surface area contributed by atoms with Gasteiger partial charge in [-0.05, 0) is 44.7 Å². The molecule has 0 unspecified atom stereocenters. The molecule has 2 aliphatic heterocycles. The second-order valence-corrected chi connectivity index (χ2v) is 7.39. The van der Waals surface area contributed by atoms with E-state index in [1.54, 1.807) is 4.90 Å². The maximum atomic E-state index is 12.2. The van der Waals surface area contributed by atoms with Gasteiger partial charge in [-0.15, -0.1) is 0 Å². The van der Waals surface area contributed by atoms with Crippen LogP contribution in [0, 0.1) is 0 Å². The first kappa shape index (κ1) is 16.8. The fraction of sp³-hybridized carbons (Fsp3) is 0.556. The second kappa shape index (κ2) is 5.77. The molecule has 1 N–H and O–H groups in total. The first-order chi connectivity index (χ1) is 11.2. The summed E-state index contributed by atoms with van der Waals surface area (Å²) in [5.41, 5.74) is 0.492. The predicted molar refractivity (Wildman–Crippen MR) is 86.6 cm³/mol. The zero-order valence-corrected chi connectivity index (χ0v) is 14.2. The van der Waals surface area contributed by atoms with Gasteiger partial charge in [0.05, 0.1) is 5.60 Å². The van der Waals surface area contributed by atoms with Crippen LogP contribution < -0.4 is 0 Å². The molecule has 130 valence electrons. The number of nitrogens with zero attached hydrogens (tertiary/aromatic N) is 1. The average Bonchev–Trinajstić information content (AvgIpc) is 2.82. The van der Waals surface area contributed by atoms with E-state index in [0.29, 0.717) is 25.9 Å². The van der Waals surface area contributed by atoms with Gasteiger partial charge in [-0.3, -0.25) is 0 Å². The first-order valence-corrected chi connectivity index (χ1v) is 8.20. The van der Waals surface area contributed by atoms with E-state index in [0.717, 1.165) is 11.1 Å². The van der Waals surface area contributed by atoms with Crippen LogP contribution in [0.25, 0.3) is 0 Å². The van der Waals surface area contributed by atoms with Crippen LogP contribution >= 0.6 is 0 Å². The normalized spacial score (nSPS) is 22.3. The number of hydrogen-bond acceptors (Lipinski definition) is 4. The van der Waals surface area contributed by atoms with Gasteiger partial charge >= 0.3 is 12.1 Å². The number of carbonyl (C=O) groups excluding carboxylic acids is 1. The van der Waals surface area contributed by atoms with E-state index in [9.17, 15) is 14.7 Å². The van der Waals surface area contributed by atoms with Crippen molar-refractivity contribution in [2.75, 3.05) is 13.1 Å². The van der Waals surface area contributed by atoms with E-state index >= 15 is 0 Å². The second-order valence-electron chi connectivity index (χ2n) is 7.39. The lowest BCUT2D eigenvalue weighted by atomic mass is 9.83. The van der Waals surface area contributed by atoms with Crippen LogP contribution in [0.1, 0.15) is 50.8 Å². The highest BCUT2D eigenvalue weighted by Gasteiger charge is 2.49. The van der Waals surface area contributed by atoms with Crippen molar-refractivity contribution in [1.82, 2.24) is 4.90 Å². The number of aliphatic carboxylic acids is 1. The minimum atomic E-state index is -0.978. The average molecular weight is 333 g/mol. The van der Waals surface area contributed by atoms with E-state index in [-0.39, 0.29) is 6.09 Å². The van der Waals surface area contributed by atoms with Crippen LogP contribution in [0.4, 0.5) is 4.79 Å². The van der Waals surface area contributed by atoms with Gasteiger partial charge in [0.15, 0.2) is 6.10 Å². The number of carboxylic acid groups (broad SMARTS) is 1. The number of carboxylic acids is 1. The molecule has 6 nitrogen and oxygen atoms in total. The molecule has 1 atom stereocenters. The lowest BCUT2D eigenvalue weighted by Crippen LogP contribution is -2.47. The number of amides is 1. The molecule has 24 heavy (non-hydrogen) atoms. The summed E-state index contributed by atoms with van der Waals surface area (Å²) in [6.45, 7) is 6.48. The molecular weight excluding hydrogens is 310 g/mol. The summed E-state index contributed by atoms with van der Waals surface area (Å²) in [5.74, 6) is -0.978. The molecule has 0 aliphatic carbocycles. The van der Waals surface area contributed by atoms with Gasteiger partial charge in [0.2, 0.25) is 0 Å². The van der Waals surface area contributed by atoms with Crippen LogP contribution in [0.2, 0.25) is 0 Å². The van der Waals surface area contributed by atoms with Crippen molar-refractivity contribution in [3.8, 4) is 0 Å². The third-order valence-electron chi connectivity index (χ3n) is 4.52. The molecule has 0 aromatic heterocycles. The minimum Gasteiger partial charge on any atom is -0.479 e. The quantitative estimate of drug-likeness (QED) is 0.855. The van der Waals surface area contributed by atoms with Gasteiger partial charge in [0, 0.05) is 13.1 Å². The summed E-state index contributed by atoms with van der Waals surface area (Å²) in [4.78, 5) is 25.4. The van der Waals surface area contributed by atoms with E-state index in [1.165, 1.54) is 0 Å². The number of benzene rings is 1. The van der Waals surface area contributed by atoms with Crippen molar-refractivity contribution in [3.63, 3.8) is 0 Å². The summed E-state index contributed by atoms with van der Waals surface area (Å²) >= 11 is 0. The van der Waals surface area contributed by atoms with E-state index < -0.39 is 23.3 Å². The minimum absolute atomic E-state index is 0.335. The topological polar surface area (TPSA) is 76.1 Å². The molecule has 2 aliphatic rings. The summed E-state index contributed by atoms with van der Waals surface area (Å²) < 4.78 is 11.4. The van der Waals surface area contributed by atoms with Gasteiger partial charge in [0.1, 0.15) is 5.60 Å². The Morgan fingerprint density at radius 2 is 1.88 bits per heavy atom. The Hall–Kier alpha value is -2.08. The first-order valence-electron chi connectivity index (χ1n) is 8.20. The predicted octanol–water partition coefficient (Wildman–Crippen LogP) is 3.07. The molecule has 1 saturated heterocycles. The molecular formula is C18H23NO5. The van der Waals surface area contributed by atoms with Crippen LogP contribution in [0.5, 0.6) is 0 Å². The van der Waals surface area contributed by atoms with Gasteiger partial charge in [-0.1, -0.05) is 24.3 Å². The summed E-state index contributed by atoms with van der Waals surface area (Å²) in [5, 5.41) is 9.43. The number of likely N-dealkylation sites (tertiary alicyclic amines) is 1. The van der Waals surface area contributed by atoms with Crippen molar-refractivity contribution in [1.29, 1.82) is 0 Å². The summed E-state index contributed by atoms with van der Waals surface area (Å²) in [6, 6.07) is 7.46. The van der Waals surface area contributed by atoms with Gasteiger partial charge < -0.3 is 19.5 Å². The molecule has 6 heteroatoms. The molecule has 1 aromatic rings. The van der Waals surface area contributed by atoms with E-state index in [4.69, 9.17) is 9.47 Å². The van der Waals surface area contributed by atoms with Crippen molar-refractivity contribution < 1.29 is 24.2 Å². The Balaban J connectivity index is 1.76. The summed E-state index contributed by atoms with van der Waals surface area (Å²) in [7, 11) is 0. The van der Waals surface area contributed by atoms with Crippen LogP contribution in [-0.2, 0) is 19.9 Å². The molecule has 3 rings (SSSR count). The molecule has 0 saturated carbocycles. The van der Waals surface area contributed by atoms with Crippen molar-refractivity contribution >= 4 is 12.1 Å². The molecule has 2 heterocycles. The highest BCUT2D eigenvalue weighted by atomic mass is 16.6. The fourth-order valence-electron chi connectivity index (χ4n) is 3.44. The SMILES string of the molecule is CC(C)(C)OC(=O)N1CCC2(CC1)O[C@@H](C(=O)O)c1ccccc12. The lowest BCUT2D eigenvalue weighted by molar-refractivity contribution is -0.166. The Morgan fingerprint density at radius 3 is 2.46 bits per heavy atom. The smallest absolute Gasteiger partial charge is 0.410 e. The third-order valence-corrected chi connectivity index (χ3v) is 4.52. The van der Waals surface area contributed by atoms with E-state index in [2.05, 4.69) is 0 Å². The number of rotatable bonds is 1. The molecule has 1 spiro atoms. The summed E-state index contributed by atoms with van der Waals surface area (Å²) in [6.07, 6.45) is -0.146. The number of carbonyl (C=O) groups is 2. The maximum Gasteiger partial charge on any atom is 0.410 e. The monoisotopic (exact) mass is 333 g/mol. The highest BCUT2D eigenvalue weighted by molar-refractivity contribution is 5.76. The maximum absolute atomic E-state index is 12.2. The highest BCUT2D eigenvalue weighted by Crippen LogP contribution is 2.49. The Bertz CT molecular complexity index is 656. The van der Waals surface area contributed by atoms with E-state index in [1.807, 2.05) is 45.0 Å². The van der Waals surface area contributed by atoms with Crippen molar-refractivity contribution in [3.05, 3.63) is 35.4 Å². The largest absolute Gasteiger partial charge is 0.479 e. The zero-order valence-electron chi connectivity index (χ0n) is 14.2. The number of piperidine rings is 1. The lowest BCUT2D eigenvalue weighted by Gasteiger charge is -2.39. The van der Waals surface area contributed by atoms with Crippen LogP contribution in [0.3, 0.4) is 0 Å².